The summed E-state index contributed by atoms with van der Waals surface area (Å²) in [6.45, 7) is 1.35. The van der Waals surface area contributed by atoms with E-state index in [1.165, 1.54) is 0 Å². The number of hydrogen-bond donors (Lipinski definition) is 1. The number of aliphatic carboxylic acids is 1. The van der Waals surface area contributed by atoms with Crippen LogP contribution in [-0.2, 0) is 9.53 Å². The second-order valence-corrected chi connectivity index (χ2v) is 5.30. The largest absolute Gasteiger partial charge is 0.497 e. The van der Waals surface area contributed by atoms with E-state index in [-0.39, 0.29) is 6.61 Å². The fourth-order valence-corrected chi connectivity index (χ4v) is 2.61. The van der Waals surface area contributed by atoms with Crippen LogP contribution in [-0.4, -0.2) is 45.0 Å². The normalized spacial score (nSPS) is 22.3. The average Bonchev–Trinajstić information content (AvgIpc) is 2.48. The number of nitrogens with zero attached hydrogens (tertiary/aromatic N) is 1. The third-order valence-electron chi connectivity index (χ3n) is 3.81. The highest BCUT2D eigenvalue weighted by molar-refractivity contribution is 5.76. The zero-order valence-corrected chi connectivity index (χ0v) is 12.0. The van der Waals surface area contributed by atoms with Crippen LogP contribution in [0.2, 0.25) is 0 Å². The summed E-state index contributed by atoms with van der Waals surface area (Å²) in [5, 5.41) is 9.55. The first kappa shape index (κ1) is 14.7. The molecule has 0 aromatic heterocycles. The molecule has 0 spiro atoms. The van der Waals surface area contributed by atoms with E-state index in [4.69, 9.17) is 9.47 Å². The molecule has 1 atom stereocenters. The summed E-state index contributed by atoms with van der Waals surface area (Å²) in [5.41, 5.74) is 0.117. The number of carboxylic acids is 1. The van der Waals surface area contributed by atoms with Crippen molar-refractivity contribution >= 4 is 11.7 Å². The lowest BCUT2D eigenvalue weighted by Gasteiger charge is -2.37. The molecular formula is C15H21NO4. The molecule has 0 radical (unpaired) electrons. The summed E-state index contributed by atoms with van der Waals surface area (Å²) >= 11 is 0. The molecule has 5 nitrogen and oxygen atoms in total. The molecule has 1 aliphatic rings. The number of methoxy groups -OCH3 is 1. The standard InChI is InChI=1S/C15H21NO4/c1-16(12-5-3-6-13(9-12)19-2)10-15(14(17)18)7-4-8-20-11-15/h3,5-6,9H,4,7-8,10-11H2,1-2H3,(H,17,18). The molecule has 1 fully saturated rings. The molecular weight excluding hydrogens is 258 g/mol. The van der Waals surface area contributed by atoms with E-state index in [0.717, 1.165) is 17.9 Å². The van der Waals surface area contributed by atoms with Crippen molar-refractivity contribution in [3.05, 3.63) is 24.3 Å². The molecule has 0 bridgehead atoms. The van der Waals surface area contributed by atoms with Crippen LogP contribution >= 0.6 is 0 Å². The van der Waals surface area contributed by atoms with Crippen LogP contribution in [0.25, 0.3) is 0 Å². The first-order valence-electron chi connectivity index (χ1n) is 6.74. The predicted octanol–water partition coefficient (Wildman–Crippen LogP) is 2.01. The fourth-order valence-electron chi connectivity index (χ4n) is 2.61. The van der Waals surface area contributed by atoms with Gasteiger partial charge in [-0.3, -0.25) is 4.79 Å². The summed E-state index contributed by atoms with van der Waals surface area (Å²) in [6.07, 6.45) is 1.44. The highest BCUT2D eigenvalue weighted by atomic mass is 16.5. The van der Waals surface area contributed by atoms with Gasteiger partial charge in [0.1, 0.15) is 11.2 Å². The third-order valence-corrected chi connectivity index (χ3v) is 3.81. The number of rotatable bonds is 5. The Morgan fingerprint density at radius 3 is 2.95 bits per heavy atom. The van der Waals surface area contributed by atoms with Crippen LogP contribution in [0.1, 0.15) is 12.8 Å². The van der Waals surface area contributed by atoms with Crippen LogP contribution < -0.4 is 9.64 Å². The fraction of sp³-hybridized carbons (Fsp3) is 0.533. The Morgan fingerprint density at radius 1 is 1.55 bits per heavy atom. The van der Waals surface area contributed by atoms with Crippen LogP contribution in [0.5, 0.6) is 5.75 Å². The Labute approximate surface area is 119 Å². The predicted molar refractivity (Wildman–Crippen MR) is 76.4 cm³/mol. The molecule has 2 rings (SSSR count). The zero-order chi connectivity index (χ0) is 14.6. The first-order valence-corrected chi connectivity index (χ1v) is 6.74. The van der Waals surface area contributed by atoms with Gasteiger partial charge in [-0.25, -0.2) is 0 Å². The van der Waals surface area contributed by atoms with Gasteiger partial charge in [-0.05, 0) is 25.0 Å². The second kappa shape index (κ2) is 6.13. The van der Waals surface area contributed by atoms with Crippen molar-refractivity contribution in [1.82, 2.24) is 0 Å². The van der Waals surface area contributed by atoms with E-state index < -0.39 is 11.4 Å². The van der Waals surface area contributed by atoms with Crippen molar-refractivity contribution in [2.75, 3.05) is 38.8 Å². The maximum Gasteiger partial charge on any atom is 0.313 e. The molecule has 1 aromatic rings. The molecule has 5 heteroatoms. The van der Waals surface area contributed by atoms with Gasteiger partial charge in [0.2, 0.25) is 0 Å². The molecule has 1 saturated heterocycles. The average molecular weight is 279 g/mol. The van der Waals surface area contributed by atoms with Crippen molar-refractivity contribution in [2.45, 2.75) is 12.8 Å². The van der Waals surface area contributed by atoms with Gasteiger partial charge in [-0.2, -0.15) is 0 Å². The molecule has 110 valence electrons. The van der Waals surface area contributed by atoms with E-state index >= 15 is 0 Å². The Kier molecular flexibility index (Phi) is 4.49. The van der Waals surface area contributed by atoms with Gasteiger partial charge in [0.15, 0.2) is 0 Å². The summed E-state index contributed by atoms with van der Waals surface area (Å²) in [5.74, 6) is -0.0226. The number of hydrogen-bond acceptors (Lipinski definition) is 4. The maximum absolute atomic E-state index is 11.6. The summed E-state index contributed by atoms with van der Waals surface area (Å²) in [6, 6.07) is 7.62. The highest BCUT2D eigenvalue weighted by Crippen LogP contribution is 2.32. The molecule has 20 heavy (non-hydrogen) atoms. The van der Waals surface area contributed by atoms with E-state index in [9.17, 15) is 9.90 Å². The summed E-state index contributed by atoms with van der Waals surface area (Å²) in [4.78, 5) is 13.6. The Morgan fingerprint density at radius 2 is 2.35 bits per heavy atom. The maximum atomic E-state index is 11.6. The molecule has 0 aliphatic carbocycles. The van der Waals surface area contributed by atoms with Crippen molar-refractivity contribution in [3.63, 3.8) is 0 Å². The van der Waals surface area contributed by atoms with Gasteiger partial charge < -0.3 is 19.5 Å². The van der Waals surface area contributed by atoms with Gasteiger partial charge in [0.05, 0.1) is 13.7 Å². The van der Waals surface area contributed by atoms with Crippen molar-refractivity contribution in [3.8, 4) is 5.75 Å². The van der Waals surface area contributed by atoms with Crippen LogP contribution in [0.4, 0.5) is 5.69 Å². The molecule has 1 aromatic carbocycles. The lowest BCUT2D eigenvalue weighted by atomic mass is 9.82. The zero-order valence-electron chi connectivity index (χ0n) is 12.0. The van der Waals surface area contributed by atoms with Crippen molar-refractivity contribution in [1.29, 1.82) is 0 Å². The van der Waals surface area contributed by atoms with E-state index in [2.05, 4.69) is 0 Å². The summed E-state index contributed by atoms with van der Waals surface area (Å²) < 4.78 is 10.6. The van der Waals surface area contributed by atoms with Crippen LogP contribution in [0.3, 0.4) is 0 Å². The lowest BCUT2D eigenvalue weighted by molar-refractivity contribution is -0.156. The number of ether oxygens (including phenoxy) is 2. The highest BCUT2D eigenvalue weighted by Gasteiger charge is 2.41. The third kappa shape index (κ3) is 3.04. The topological polar surface area (TPSA) is 59.0 Å². The minimum Gasteiger partial charge on any atom is -0.497 e. The molecule has 1 N–H and O–H groups in total. The van der Waals surface area contributed by atoms with Crippen molar-refractivity contribution in [2.24, 2.45) is 5.41 Å². The molecule has 1 unspecified atom stereocenters. The molecule has 1 heterocycles. The quantitative estimate of drug-likeness (QED) is 0.893. The smallest absolute Gasteiger partial charge is 0.313 e. The lowest BCUT2D eigenvalue weighted by Crippen LogP contribution is -2.47. The minimum atomic E-state index is -0.823. The number of benzene rings is 1. The Balaban J connectivity index is 2.15. The monoisotopic (exact) mass is 279 g/mol. The van der Waals surface area contributed by atoms with E-state index in [1.807, 2.05) is 36.2 Å². The minimum absolute atomic E-state index is 0.274. The van der Waals surface area contributed by atoms with Gasteiger partial charge >= 0.3 is 5.97 Å². The molecule has 0 amide bonds. The number of carboxylic acid groups (broad SMARTS) is 1. The first-order chi connectivity index (χ1) is 9.57. The van der Waals surface area contributed by atoms with Crippen molar-refractivity contribution < 1.29 is 19.4 Å². The SMILES string of the molecule is COc1cccc(N(C)CC2(C(=O)O)CCCOC2)c1. The van der Waals surface area contributed by atoms with Gasteiger partial charge in [-0.1, -0.05) is 6.07 Å². The van der Waals surface area contributed by atoms with Gasteiger partial charge in [0.25, 0.3) is 0 Å². The summed E-state index contributed by atoms with van der Waals surface area (Å²) in [7, 11) is 3.51. The Hall–Kier alpha value is -1.75. The van der Waals surface area contributed by atoms with E-state index in [1.54, 1.807) is 7.11 Å². The molecule has 0 saturated carbocycles. The molecule has 1 aliphatic heterocycles. The second-order valence-electron chi connectivity index (χ2n) is 5.30. The van der Waals surface area contributed by atoms with Crippen LogP contribution in [0.15, 0.2) is 24.3 Å². The number of anilines is 1. The number of carbonyl (C=O) groups is 1. The van der Waals surface area contributed by atoms with Gasteiger partial charge in [0, 0.05) is 32.0 Å². The Bertz CT molecular complexity index is 469. The van der Waals surface area contributed by atoms with E-state index in [0.29, 0.717) is 19.6 Å². The van der Waals surface area contributed by atoms with Gasteiger partial charge in [-0.15, -0.1) is 0 Å². The van der Waals surface area contributed by atoms with Crippen LogP contribution in [0, 0.1) is 5.41 Å².